The molecular formula is C13H22N2O. The molecule has 3 heteroatoms. The Morgan fingerprint density at radius 3 is 2.75 bits per heavy atom. The summed E-state index contributed by atoms with van der Waals surface area (Å²) >= 11 is 0. The van der Waals surface area contributed by atoms with Crippen LogP contribution in [0.3, 0.4) is 0 Å². The Morgan fingerprint density at radius 2 is 2.12 bits per heavy atom. The van der Waals surface area contributed by atoms with Gasteiger partial charge in [-0.2, -0.15) is 0 Å². The zero-order valence-corrected chi connectivity index (χ0v) is 10.1. The third-order valence-corrected chi connectivity index (χ3v) is 3.89. The Morgan fingerprint density at radius 1 is 1.44 bits per heavy atom. The number of nitrogens with two attached hydrogens (primary N) is 1. The number of carbonyl (C=O) groups excluding carboxylic acids is 1. The second kappa shape index (κ2) is 5.00. The van der Waals surface area contributed by atoms with Crippen molar-refractivity contribution in [2.45, 2.75) is 38.6 Å². The highest BCUT2D eigenvalue weighted by Crippen LogP contribution is 2.27. The van der Waals surface area contributed by atoms with Crippen LogP contribution in [-0.2, 0) is 4.79 Å². The maximum atomic E-state index is 12.3. The second-order valence-corrected chi connectivity index (χ2v) is 5.19. The van der Waals surface area contributed by atoms with E-state index in [1.54, 1.807) is 0 Å². The van der Waals surface area contributed by atoms with Gasteiger partial charge in [-0.05, 0) is 31.6 Å². The molecule has 1 aliphatic carbocycles. The van der Waals surface area contributed by atoms with Crippen molar-refractivity contribution < 1.29 is 4.79 Å². The maximum Gasteiger partial charge on any atom is 0.226 e. The van der Waals surface area contributed by atoms with Crippen molar-refractivity contribution >= 4 is 5.91 Å². The molecule has 2 N–H and O–H groups in total. The van der Waals surface area contributed by atoms with Gasteiger partial charge in [0.1, 0.15) is 0 Å². The van der Waals surface area contributed by atoms with E-state index in [2.05, 4.69) is 19.1 Å². The van der Waals surface area contributed by atoms with Gasteiger partial charge in [0.15, 0.2) is 0 Å². The predicted octanol–water partition coefficient (Wildman–Crippen LogP) is 1.54. The molecule has 2 rings (SSSR count). The molecule has 0 spiro atoms. The minimum atomic E-state index is 0.197. The lowest BCUT2D eigenvalue weighted by molar-refractivity contribution is -0.139. The second-order valence-electron chi connectivity index (χ2n) is 5.19. The number of rotatable bonds is 2. The smallest absolute Gasteiger partial charge is 0.226 e. The van der Waals surface area contributed by atoms with E-state index >= 15 is 0 Å². The molecule has 90 valence electrons. The van der Waals surface area contributed by atoms with E-state index in [4.69, 9.17) is 5.73 Å². The fraction of sp³-hybridized carbons (Fsp3) is 0.769. The van der Waals surface area contributed by atoms with E-state index in [1.165, 1.54) is 0 Å². The van der Waals surface area contributed by atoms with Gasteiger partial charge in [-0.1, -0.05) is 19.1 Å². The molecular weight excluding hydrogens is 200 g/mol. The molecule has 2 unspecified atom stereocenters. The first-order chi connectivity index (χ1) is 7.72. The topological polar surface area (TPSA) is 46.3 Å². The molecule has 0 radical (unpaired) electrons. The van der Waals surface area contributed by atoms with Crippen LogP contribution < -0.4 is 5.73 Å². The molecule has 1 aliphatic heterocycles. The van der Waals surface area contributed by atoms with Gasteiger partial charge in [0.05, 0.1) is 0 Å². The number of hydrogen-bond donors (Lipinski definition) is 1. The van der Waals surface area contributed by atoms with Crippen molar-refractivity contribution in [2.24, 2.45) is 17.6 Å². The minimum absolute atomic E-state index is 0.197. The number of allylic oxidation sites excluding steroid dienone is 2. The Hall–Kier alpha value is -0.830. The number of hydrogen-bond acceptors (Lipinski definition) is 2. The molecule has 2 atom stereocenters. The van der Waals surface area contributed by atoms with Crippen molar-refractivity contribution in [2.75, 3.05) is 13.1 Å². The van der Waals surface area contributed by atoms with Crippen molar-refractivity contribution in [3.8, 4) is 0 Å². The van der Waals surface area contributed by atoms with Crippen LogP contribution in [0, 0.1) is 11.8 Å². The number of amides is 1. The van der Waals surface area contributed by atoms with Crippen molar-refractivity contribution in [3.63, 3.8) is 0 Å². The highest BCUT2D eigenvalue weighted by atomic mass is 16.2. The molecule has 1 amide bonds. The third kappa shape index (κ3) is 2.29. The Bertz CT molecular complexity index is 280. The molecule has 0 aromatic carbocycles. The van der Waals surface area contributed by atoms with Crippen molar-refractivity contribution in [1.29, 1.82) is 0 Å². The number of carbonyl (C=O) groups is 1. The van der Waals surface area contributed by atoms with Crippen LogP contribution in [0.2, 0.25) is 0 Å². The quantitative estimate of drug-likeness (QED) is 0.720. The zero-order chi connectivity index (χ0) is 11.5. The molecule has 3 nitrogen and oxygen atoms in total. The normalized spacial score (nSPS) is 31.0. The number of likely N-dealkylation sites (tertiary alicyclic amines) is 1. The zero-order valence-electron chi connectivity index (χ0n) is 10.1. The Balaban J connectivity index is 1.98. The van der Waals surface area contributed by atoms with Crippen LogP contribution in [0.4, 0.5) is 0 Å². The maximum absolute atomic E-state index is 12.3. The summed E-state index contributed by atoms with van der Waals surface area (Å²) in [6, 6.07) is 0.275. The van der Waals surface area contributed by atoms with Crippen LogP contribution in [0.5, 0.6) is 0 Å². The van der Waals surface area contributed by atoms with E-state index in [0.29, 0.717) is 18.4 Å². The van der Waals surface area contributed by atoms with Crippen molar-refractivity contribution in [1.82, 2.24) is 4.90 Å². The third-order valence-electron chi connectivity index (χ3n) is 3.89. The van der Waals surface area contributed by atoms with Gasteiger partial charge < -0.3 is 10.6 Å². The van der Waals surface area contributed by atoms with Crippen LogP contribution in [0.15, 0.2) is 12.2 Å². The fourth-order valence-corrected chi connectivity index (χ4v) is 2.82. The number of nitrogens with zero attached hydrogens (tertiary/aromatic N) is 1. The van der Waals surface area contributed by atoms with Gasteiger partial charge in [0, 0.05) is 25.0 Å². The molecule has 0 aromatic heterocycles. The molecule has 0 aromatic rings. The van der Waals surface area contributed by atoms with Gasteiger partial charge in [-0.15, -0.1) is 0 Å². The van der Waals surface area contributed by atoms with Crippen LogP contribution in [0.25, 0.3) is 0 Å². The van der Waals surface area contributed by atoms with Gasteiger partial charge in [0.25, 0.3) is 0 Å². The van der Waals surface area contributed by atoms with E-state index in [0.717, 1.165) is 32.2 Å². The molecule has 0 bridgehead atoms. The van der Waals surface area contributed by atoms with Gasteiger partial charge in [-0.3, -0.25) is 4.79 Å². The average molecular weight is 222 g/mol. The highest BCUT2D eigenvalue weighted by molar-refractivity contribution is 5.80. The van der Waals surface area contributed by atoms with E-state index < -0.39 is 0 Å². The fourth-order valence-electron chi connectivity index (χ4n) is 2.82. The summed E-state index contributed by atoms with van der Waals surface area (Å²) in [6.07, 6.45) is 8.27. The van der Waals surface area contributed by atoms with Gasteiger partial charge in [-0.25, -0.2) is 0 Å². The van der Waals surface area contributed by atoms with E-state index in [9.17, 15) is 4.79 Å². The summed E-state index contributed by atoms with van der Waals surface area (Å²) in [7, 11) is 0. The first-order valence-electron chi connectivity index (χ1n) is 6.38. The molecule has 1 heterocycles. The molecule has 1 saturated heterocycles. The van der Waals surface area contributed by atoms with Gasteiger partial charge >= 0.3 is 0 Å². The van der Waals surface area contributed by atoms with Crippen LogP contribution >= 0.6 is 0 Å². The molecule has 1 fully saturated rings. The minimum Gasteiger partial charge on any atom is -0.338 e. The molecule has 0 saturated carbocycles. The lowest BCUT2D eigenvalue weighted by Gasteiger charge is -2.39. The predicted molar refractivity (Wildman–Crippen MR) is 64.8 cm³/mol. The van der Waals surface area contributed by atoms with Crippen LogP contribution in [-0.4, -0.2) is 29.9 Å². The molecule has 2 aliphatic rings. The lowest BCUT2D eigenvalue weighted by Crippen LogP contribution is -2.50. The van der Waals surface area contributed by atoms with E-state index in [-0.39, 0.29) is 12.0 Å². The SMILES string of the molecule is CC1CCN(C(=O)C2CC=CC2)C(CN)C1. The van der Waals surface area contributed by atoms with Crippen LogP contribution in [0.1, 0.15) is 32.6 Å². The standard InChI is InChI=1S/C13H22N2O/c1-10-6-7-15(12(8-10)9-14)13(16)11-4-2-3-5-11/h2-3,10-12H,4-9,14H2,1H3. The Labute approximate surface area is 97.7 Å². The highest BCUT2D eigenvalue weighted by Gasteiger charge is 2.32. The summed E-state index contributed by atoms with van der Waals surface area (Å²) < 4.78 is 0. The largest absolute Gasteiger partial charge is 0.338 e. The summed E-state index contributed by atoms with van der Waals surface area (Å²) in [5.41, 5.74) is 5.78. The number of piperidine rings is 1. The summed E-state index contributed by atoms with van der Waals surface area (Å²) in [5.74, 6) is 1.23. The van der Waals surface area contributed by atoms with Crippen molar-refractivity contribution in [3.05, 3.63) is 12.2 Å². The summed E-state index contributed by atoms with van der Waals surface area (Å²) in [5, 5.41) is 0. The molecule has 16 heavy (non-hydrogen) atoms. The Kier molecular flexibility index (Phi) is 3.64. The first kappa shape index (κ1) is 11.6. The first-order valence-corrected chi connectivity index (χ1v) is 6.38. The van der Waals surface area contributed by atoms with E-state index in [1.807, 2.05) is 4.90 Å². The van der Waals surface area contributed by atoms with Gasteiger partial charge in [0.2, 0.25) is 5.91 Å². The lowest BCUT2D eigenvalue weighted by atomic mass is 9.91. The summed E-state index contributed by atoms with van der Waals surface area (Å²) in [6.45, 7) is 3.76. The summed E-state index contributed by atoms with van der Waals surface area (Å²) in [4.78, 5) is 14.3. The average Bonchev–Trinajstić information content (AvgIpc) is 2.81. The monoisotopic (exact) mass is 222 g/mol.